The summed E-state index contributed by atoms with van der Waals surface area (Å²) in [5, 5.41) is 32.8. The fourth-order valence-electron chi connectivity index (χ4n) is 2.79. The number of ether oxygens (including phenoxy) is 2. The molecule has 1 aliphatic heterocycles. The summed E-state index contributed by atoms with van der Waals surface area (Å²) in [5.74, 6) is 0. The molecule has 2 heterocycles. The van der Waals surface area contributed by atoms with Crippen LogP contribution >= 0.6 is 23.1 Å². The molecule has 0 bridgehead atoms. The Balaban J connectivity index is 1.96. The Hall–Kier alpha value is -1.90. The summed E-state index contributed by atoms with van der Waals surface area (Å²) in [6, 6.07) is 4.75. The number of methoxy groups -OCH3 is 1. The van der Waals surface area contributed by atoms with Crippen LogP contribution in [-0.2, 0) is 9.47 Å². The van der Waals surface area contributed by atoms with Crippen LogP contribution in [-0.4, -0.2) is 58.7 Å². The van der Waals surface area contributed by atoms with Crippen molar-refractivity contribution < 1.29 is 19.7 Å². The number of thiazole rings is 1. The molecule has 1 aromatic heterocycles. The van der Waals surface area contributed by atoms with Crippen molar-refractivity contribution in [2.75, 3.05) is 13.7 Å². The second kappa shape index (κ2) is 8.20. The minimum absolute atomic E-state index is 0.429. The number of nitrogens with zero attached hydrogens (tertiary/aromatic N) is 5. The summed E-state index contributed by atoms with van der Waals surface area (Å²) in [6.45, 7) is -0.439. The molecule has 2 N–H and O–H groups in total. The SMILES string of the molecule is COC1C(N=[N+]=[N-])[C@@H](O)C(CO)O[C@@H]1Sc1cc2scnc2cc1C#N. The standard InChI is InChI=1S/C15H15N5O4S2/c1-23-14-12(19-20-17)13(22)9(5-21)24-15(14)26-10-3-11-8(18-6-25-11)2-7(10)4-16/h2-3,6,9,12-15,21-22H,5H2,1H3/t9?,12?,13-,14?,15+/m0/s1. The van der Waals surface area contributed by atoms with Gasteiger partial charge >= 0.3 is 0 Å². The Bertz CT molecular complexity index is 879. The molecule has 0 amide bonds. The smallest absolute Gasteiger partial charge is 0.134 e. The van der Waals surface area contributed by atoms with Gasteiger partial charge < -0.3 is 19.7 Å². The van der Waals surface area contributed by atoms with Gasteiger partial charge in [0, 0.05) is 16.9 Å². The average Bonchev–Trinajstić information content (AvgIpc) is 3.11. The van der Waals surface area contributed by atoms with Gasteiger partial charge in [-0.2, -0.15) is 5.26 Å². The normalized spacial score (nSPS) is 28.5. The van der Waals surface area contributed by atoms with Gasteiger partial charge in [-0.1, -0.05) is 16.9 Å². The summed E-state index contributed by atoms with van der Waals surface area (Å²) in [4.78, 5) is 7.62. The second-order valence-electron chi connectivity index (χ2n) is 5.51. The van der Waals surface area contributed by atoms with Crippen LogP contribution in [0.1, 0.15) is 5.56 Å². The number of nitriles is 1. The fourth-order valence-corrected chi connectivity index (χ4v) is 4.84. The highest BCUT2D eigenvalue weighted by Crippen LogP contribution is 2.38. The molecular formula is C15H15N5O4S2. The minimum Gasteiger partial charge on any atom is -0.394 e. The summed E-state index contributed by atoms with van der Waals surface area (Å²) in [6.07, 6.45) is -2.87. The minimum atomic E-state index is -1.20. The van der Waals surface area contributed by atoms with Gasteiger partial charge in [0.1, 0.15) is 23.7 Å². The maximum atomic E-state index is 10.3. The van der Waals surface area contributed by atoms with Crippen molar-refractivity contribution in [2.24, 2.45) is 5.11 Å². The quantitative estimate of drug-likeness (QED) is 0.449. The van der Waals surface area contributed by atoms with E-state index in [0.717, 1.165) is 10.2 Å². The predicted molar refractivity (Wildman–Crippen MR) is 95.7 cm³/mol. The number of fused-ring (bicyclic) bond motifs is 1. The van der Waals surface area contributed by atoms with Gasteiger partial charge in [0.15, 0.2) is 0 Å². The molecular weight excluding hydrogens is 378 g/mol. The van der Waals surface area contributed by atoms with Crippen LogP contribution in [0.5, 0.6) is 0 Å². The van der Waals surface area contributed by atoms with Crippen molar-refractivity contribution in [3.63, 3.8) is 0 Å². The van der Waals surface area contributed by atoms with Crippen LogP contribution in [0.4, 0.5) is 0 Å². The van der Waals surface area contributed by atoms with E-state index in [1.165, 1.54) is 30.2 Å². The van der Waals surface area contributed by atoms with Crippen molar-refractivity contribution in [2.45, 2.75) is 34.7 Å². The molecule has 9 nitrogen and oxygen atoms in total. The third-order valence-electron chi connectivity index (χ3n) is 4.08. The fraction of sp³-hybridized carbons (Fsp3) is 0.467. The maximum Gasteiger partial charge on any atom is 0.134 e. The number of hydrogen-bond acceptors (Lipinski definition) is 9. The summed E-state index contributed by atoms with van der Waals surface area (Å²) < 4.78 is 12.1. The zero-order valence-corrected chi connectivity index (χ0v) is 15.2. The molecule has 136 valence electrons. The van der Waals surface area contributed by atoms with E-state index in [9.17, 15) is 15.5 Å². The monoisotopic (exact) mass is 393 g/mol. The van der Waals surface area contributed by atoms with Gasteiger partial charge in [0.05, 0.1) is 40.0 Å². The molecule has 1 saturated heterocycles. The lowest BCUT2D eigenvalue weighted by molar-refractivity contribution is -0.167. The van der Waals surface area contributed by atoms with Crippen LogP contribution in [0, 0.1) is 11.3 Å². The number of azide groups is 1. The van der Waals surface area contributed by atoms with Gasteiger partial charge in [0.25, 0.3) is 0 Å². The topological polar surface area (TPSA) is 144 Å². The third kappa shape index (κ3) is 3.49. The zero-order valence-electron chi connectivity index (χ0n) is 13.6. The molecule has 2 aromatic rings. The number of hydrogen-bond donors (Lipinski definition) is 2. The van der Waals surface area contributed by atoms with Crippen molar-refractivity contribution in [1.29, 1.82) is 5.26 Å². The highest BCUT2D eigenvalue weighted by Gasteiger charge is 2.45. The van der Waals surface area contributed by atoms with Crippen molar-refractivity contribution >= 4 is 33.3 Å². The van der Waals surface area contributed by atoms with Crippen LogP contribution in [0.15, 0.2) is 27.7 Å². The number of thioether (sulfide) groups is 1. The molecule has 1 aromatic carbocycles. The Morgan fingerprint density at radius 1 is 1.58 bits per heavy atom. The number of rotatable bonds is 5. The largest absolute Gasteiger partial charge is 0.394 e. The highest BCUT2D eigenvalue weighted by molar-refractivity contribution is 8.00. The van der Waals surface area contributed by atoms with Crippen LogP contribution < -0.4 is 0 Å². The first-order valence-corrected chi connectivity index (χ1v) is 9.34. The van der Waals surface area contributed by atoms with Gasteiger partial charge in [-0.3, -0.25) is 0 Å². The van der Waals surface area contributed by atoms with Crippen LogP contribution in [0.2, 0.25) is 0 Å². The Morgan fingerprint density at radius 2 is 2.38 bits per heavy atom. The van der Waals surface area contributed by atoms with Gasteiger partial charge in [0.2, 0.25) is 0 Å². The van der Waals surface area contributed by atoms with Crippen molar-refractivity contribution in [3.8, 4) is 6.07 Å². The molecule has 3 rings (SSSR count). The lowest BCUT2D eigenvalue weighted by atomic mass is 9.98. The maximum absolute atomic E-state index is 10.3. The number of aliphatic hydroxyl groups excluding tert-OH is 2. The van der Waals surface area contributed by atoms with E-state index in [-0.39, 0.29) is 0 Å². The summed E-state index contributed by atoms with van der Waals surface area (Å²) in [5.41, 5.74) is 11.0. The predicted octanol–water partition coefficient (Wildman–Crippen LogP) is 2.03. The summed E-state index contributed by atoms with van der Waals surface area (Å²) >= 11 is 2.67. The second-order valence-corrected chi connectivity index (χ2v) is 7.54. The molecule has 1 fully saturated rings. The zero-order chi connectivity index (χ0) is 18.7. The molecule has 0 saturated carbocycles. The molecule has 11 heteroatoms. The Kier molecular flexibility index (Phi) is 5.95. The van der Waals surface area contributed by atoms with Crippen LogP contribution in [0.3, 0.4) is 0 Å². The number of benzene rings is 1. The van der Waals surface area contributed by atoms with E-state index < -0.39 is 36.4 Å². The lowest BCUT2D eigenvalue weighted by Gasteiger charge is -2.41. The van der Waals surface area contributed by atoms with Gasteiger partial charge in [-0.05, 0) is 17.7 Å². The van der Waals surface area contributed by atoms with Crippen molar-refractivity contribution in [3.05, 3.63) is 33.6 Å². The first-order valence-electron chi connectivity index (χ1n) is 7.58. The number of aromatic nitrogens is 1. The molecule has 1 aliphatic rings. The third-order valence-corrected chi connectivity index (χ3v) is 6.07. The Morgan fingerprint density at radius 3 is 3.04 bits per heavy atom. The van der Waals surface area contributed by atoms with E-state index in [1.54, 1.807) is 11.6 Å². The number of aliphatic hydroxyl groups is 2. The van der Waals surface area contributed by atoms with E-state index in [1.807, 2.05) is 6.07 Å². The molecule has 0 spiro atoms. The van der Waals surface area contributed by atoms with Crippen LogP contribution in [0.25, 0.3) is 20.7 Å². The molecule has 0 radical (unpaired) electrons. The molecule has 0 aliphatic carbocycles. The van der Waals surface area contributed by atoms with E-state index in [4.69, 9.17) is 15.0 Å². The molecule has 5 atom stereocenters. The highest BCUT2D eigenvalue weighted by atomic mass is 32.2. The lowest BCUT2D eigenvalue weighted by Crippen LogP contribution is -2.57. The first-order chi connectivity index (χ1) is 12.6. The van der Waals surface area contributed by atoms with Crippen molar-refractivity contribution in [1.82, 2.24) is 4.98 Å². The van der Waals surface area contributed by atoms with E-state index >= 15 is 0 Å². The van der Waals surface area contributed by atoms with E-state index in [0.29, 0.717) is 10.5 Å². The van der Waals surface area contributed by atoms with Gasteiger partial charge in [-0.25, -0.2) is 4.98 Å². The average molecular weight is 393 g/mol. The Labute approximate surface area is 156 Å². The molecule has 26 heavy (non-hydrogen) atoms. The summed E-state index contributed by atoms with van der Waals surface area (Å²) in [7, 11) is 1.42. The first kappa shape index (κ1) is 18.9. The van der Waals surface area contributed by atoms with Gasteiger partial charge in [-0.15, -0.1) is 11.3 Å². The molecule has 3 unspecified atom stereocenters. The van der Waals surface area contributed by atoms with E-state index in [2.05, 4.69) is 21.1 Å².